The molecule has 0 atom stereocenters. The van der Waals surface area contributed by atoms with Gasteiger partial charge in [-0.05, 0) is 61.9 Å². The summed E-state index contributed by atoms with van der Waals surface area (Å²) in [5.41, 5.74) is 6.97. The molecule has 4 rings (SSSR count). The van der Waals surface area contributed by atoms with E-state index in [4.69, 9.17) is 11.6 Å². The van der Waals surface area contributed by atoms with Gasteiger partial charge in [-0.15, -0.1) is 0 Å². The number of carbonyl (C=O) groups is 1. The van der Waals surface area contributed by atoms with Crippen molar-refractivity contribution in [2.24, 2.45) is 5.10 Å². The van der Waals surface area contributed by atoms with Crippen LogP contribution in [-0.4, -0.2) is 36.0 Å². The largest absolute Gasteiger partial charge is 0.318 e. The quantitative estimate of drug-likeness (QED) is 0.240. The third-order valence-electron chi connectivity index (χ3n) is 5.85. The number of hydrogen-bond donors (Lipinski definition) is 1. The highest BCUT2D eigenvalue weighted by Crippen LogP contribution is 2.21. The van der Waals surface area contributed by atoms with Crippen LogP contribution in [0.15, 0.2) is 101 Å². The summed E-state index contributed by atoms with van der Waals surface area (Å²) in [6.07, 6.45) is 1.56. The minimum Gasteiger partial charge on any atom is -0.318 e. The van der Waals surface area contributed by atoms with Crippen LogP contribution >= 0.6 is 11.6 Å². The molecule has 0 unspecified atom stereocenters. The summed E-state index contributed by atoms with van der Waals surface area (Å²) in [5.74, 6) is -0.543. The number of carbonyl (C=O) groups excluding carboxylic acids is 1. The Kier molecular flexibility index (Phi) is 8.23. The smallest absolute Gasteiger partial charge is 0.255 e. The molecule has 0 fully saturated rings. The lowest BCUT2D eigenvalue weighted by Gasteiger charge is -2.21. The first-order chi connectivity index (χ1) is 17.8. The maximum atomic E-state index is 13.3. The van der Waals surface area contributed by atoms with Gasteiger partial charge >= 0.3 is 0 Å². The number of hydrogen-bond acceptors (Lipinski definition) is 4. The van der Waals surface area contributed by atoms with E-state index in [-0.39, 0.29) is 18.0 Å². The van der Waals surface area contributed by atoms with Crippen LogP contribution in [0.3, 0.4) is 0 Å². The number of sulfonamides is 1. The second-order valence-corrected chi connectivity index (χ2v) is 10.9. The van der Waals surface area contributed by atoms with Crippen LogP contribution in [0.2, 0.25) is 5.02 Å². The molecular weight excluding hydrogens is 508 g/mol. The minimum absolute atomic E-state index is 0.0530. The topological polar surface area (TPSA) is 83.8 Å². The van der Waals surface area contributed by atoms with Gasteiger partial charge in [-0.25, -0.2) is 13.8 Å². The van der Waals surface area contributed by atoms with Crippen molar-refractivity contribution in [1.82, 2.24) is 14.3 Å². The normalized spacial score (nSPS) is 11.8. The molecule has 3 aromatic carbocycles. The van der Waals surface area contributed by atoms with Gasteiger partial charge < -0.3 is 4.57 Å². The molecule has 0 aliphatic carbocycles. The van der Waals surface area contributed by atoms with Crippen molar-refractivity contribution >= 4 is 33.7 Å². The Morgan fingerprint density at radius 1 is 0.973 bits per heavy atom. The molecule has 0 spiro atoms. The van der Waals surface area contributed by atoms with Gasteiger partial charge in [0.2, 0.25) is 10.0 Å². The number of hydrazone groups is 1. The van der Waals surface area contributed by atoms with Gasteiger partial charge in [-0.1, -0.05) is 60.1 Å². The zero-order chi connectivity index (χ0) is 26.4. The molecule has 190 valence electrons. The standard InChI is InChI=1S/C28H27ClN4O3S/c1-21-17-24(22(2)33(21)26-15-13-25(29)14-16-26)18-30-31-28(34)20-32(19-23-9-5-3-6-10-23)37(35,36)27-11-7-4-8-12-27/h3-18H,19-20H2,1-2H3,(H,31,34)/b30-18+. The summed E-state index contributed by atoms with van der Waals surface area (Å²) in [7, 11) is -3.91. The summed E-state index contributed by atoms with van der Waals surface area (Å²) in [6, 6.07) is 26.7. The summed E-state index contributed by atoms with van der Waals surface area (Å²) in [4.78, 5) is 12.9. The van der Waals surface area contributed by atoms with E-state index in [2.05, 4.69) is 15.1 Å². The van der Waals surface area contributed by atoms with E-state index < -0.39 is 15.9 Å². The van der Waals surface area contributed by atoms with E-state index in [0.29, 0.717) is 5.02 Å². The Balaban J connectivity index is 1.50. The number of halogens is 1. The van der Waals surface area contributed by atoms with E-state index in [1.165, 1.54) is 12.1 Å². The predicted molar refractivity (Wildman–Crippen MR) is 146 cm³/mol. The molecule has 1 amide bonds. The molecule has 0 aliphatic heterocycles. The maximum absolute atomic E-state index is 13.3. The van der Waals surface area contributed by atoms with Crippen molar-refractivity contribution in [3.63, 3.8) is 0 Å². The first-order valence-corrected chi connectivity index (χ1v) is 13.4. The van der Waals surface area contributed by atoms with Crippen molar-refractivity contribution < 1.29 is 13.2 Å². The SMILES string of the molecule is Cc1cc(/C=N/NC(=O)CN(Cc2ccccc2)S(=O)(=O)c2ccccc2)c(C)n1-c1ccc(Cl)cc1. The van der Waals surface area contributed by atoms with Gasteiger partial charge in [-0.3, -0.25) is 4.79 Å². The van der Waals surface area contributed by atoms with Gasteiger partial charge in [0.1, 0.15) is 0 Å². The van der Waals surface area contributed by atoms with Crippen molar-refractivity contribution in [3.05, 3.63) is 119 Å². The zero-order valence-corrected chi connectivity index (χ0v) is 22.1. The second kappa shape index (κ2) is 11.6. The van der Waals surface area contributed by atoms with Crippen LogP contribution in [0.1, 0.15) is 22.5 Å². The Morgan fingerprint density at radius 2 is 1.59 bits per heavy atom. The third kappa shape index (κ3) is 6.35. The number of aromatic nitrogens is 1. The molecule has 9 heteroatoms. The molecule has 0 aliphatic rings. The lowest BCUT2D eigenvalue weighted by Crippen LogP contribution is -2.39. The fourth-order valence-corrected chi connectivity index (χ4v) is 5.56. The molecule has 4 aromatic rings. The first kappa shape index (κ1) is 26.3. The summed E-state index contributed by atoms with van der Waals surface area (Å²) in [6.45, 7) is 3.61. The average molecular weight is 535 g/mol. The predicted octanol–water partition coefficient (Wildman–Crippen LogP) is 5.09. The van der Waals surface area contributed by atoms with Gasteiger partial charge in [-0.2, -0.15) is 9.41 Å². The fraction of sp³-hybridized carbons (Fsp3) is 0.143. The monoisotopic (exact) mass is 534 g/mol. The molecule has 37 heavy (non-hydrogen) atoms. The fourth-order valence-electron chi connectivity index (χ4n) is 4.03. The number of benzene rings is 3. The van der Waals surface area contributed by atoms with Gasteiger partial charge in [0, 0.05) is 34.2 Å². The van der Waals surface area contributed by atoms with E-state index in [0.717, 1.165) is 32.5 Å². The first-order valence-electron chi connectivity index (χ1n) is 11.6. The Hall–Kier alpha value is -3.72. The molecule has 0 bridgehead atoms. The van der Waals surface area contributed by atoms with Crippen molar-refractivity contribution in [3.8, 4) is 5.69 Å². The lowest BCUT2D eigenvalue weighted by atomic mass is 10.2. The molecule has 7 nitrogen and oxygen atoms in total. The third-order valence-corrected chi connectivity index (χ3v) is 7.91. The van der Waals surface area contributed by atoms with Gasteiger partial charge in [0.05, 0.1) is 17.7 Å². The minimum atomic E-state index is -3.91. The Morgan fingerprint density at radius 3 is 2.24 bits per heavy atom. The number of nitrogens with one attached hydrogen (secondary N) is 1. The Bertz CT molecular complexity index is 1500. The molecule has 1 N–H and O–H groups in total. The molecular formula is C28H27ClN4O3S. The zero-order valence-electron chi connectivity index (χ0n) is 20.5. The highest BCUT2D eigenvalue weighted by molar-refractivity contribution is 7.89. The van der Waals surface area contributed by atoms with Crippen LogP contribution in [0.4, 0.5) is 0 Å². The van der Waals surface area contributed by atoms with E-state index in [9.17, 15) is 13.2 Å². The molecule has 0 saturated carbocycles. The average Bonchev–Trinajstić information content (AvgIpc) is 3.18. The van der Waals surface area contributed by atoms with E-state index >= 15 is 0 Å². The summed E-state index contributed by atoms with van der Waals surface area (Å²) in [5, 5.41) is 4.76. The van der Waals surface area contributed by atoms with Gasteiger partial charge in [0.15, 0.2) is 0 Å². The maximum Gasteiger partial charge on any atom is 0.255 e. The highest BCUT2D eigenvalue weighted by Gasteiger charge is 2.26. The molecule has 0 saturated heterocycles. The number of nitrogens with zero attached hydrogens (tertiary/aromatic N) is 3. The number of aryl methyl sites for hydroxylation is 1. The van der Waals surface area contributed by atoms with Crippen LogP contribution < -0.4 is 5.43 Å². The van der Waals surface area contributed by atoms with Crippen molar-refractivity contribution in [2.75, 3.05) is 6.54 Å². The molecule has 1 heterocycles. The van der Waals surface area contributed by atoms with Crippen LogP contribution in [0.5, 0.6) is 0 Å². The van der Waals surface area contributed by atoms with Gasteiger partial charge in [0.25, 0.3) is 5.91 Å². The van der Waals surface area contributed by atoms with Crippen molar-refractivity contribution in [1.29, 1.82) is 0 Å². The summed E-state index contributed by atoms with van der Waals surface area (Å²) < 4.78 is 29.8. The molecule has 1 aromatic heterocycles. The Labute approximate surface area is 222 Å². The summed E-state index contributed by atoms with van der Waals surface area (Å²) >= 11 is 6.01. The second-order valence-electron chi connectivity index (χ2n) is 8.50. The van der Waals surface area contributed by atoms with Crippen molar-refractivity contribution in [2.45, 2.75) is 25.3 Å². The molecule has 0 radical (unpaired) electrons. The lowest BCUT2D eigenvalue weighted by molar-refractivity contribution is -0.121. The number of rotatable bonds is 9. The van der Waals surface area contributed by atoms with E-state index in [1.54, 1.807) is 24.4 Å². The number of amides is 1. The van der Waals surface area contributed by atoms with E-state index in [1.807, 2.05) is 74.5 Å². The van der Waals surface area contributed by atoms with Crippen LogP contribution in [-0.2, 0) is 21.4 Å². The highest BCUT2D eigenvalue weighted by atomic mass is 35.5. The van der Waals surface area contributed by atoms with Crippen LogP contribution in [0, 0.1) is 13.8 Å². The van der Waals surface area contributed by atoms with Crippen LogP contribution in [0.25, 0.3) is 5.69 Å².